The molecule has 4 aliphatic rings. The number of carbonyl (C=O) groups is 1. The minimum Gasteiger partial charge on any atom is -0.493 e. The summed E-state index contributed by atoms with van der Waals surface area (Å²) >= 11 is 6.28. The molecule has 1 saturated heterocycles. The van der Waals surface area contributed by atoms with Gasteiger partial charge in [0.15, 0.2) is 0 Å². The Kier molecular flexibility index (Phi) is 9.63. The third-order valence-corrected chi connectivity index (χ3v) is 12.1. The van der Waals surface area contributed by atoms with Gasteiger partial charge in [0, 0.05) is 34.7 Å². The number of aryl methyl sites for hydroxylation is 1. The van der Waals surface area contributed by atoms with Crippen LogP contribution in [0.25, 0.3) is 0 Å². The molecule has 0 amide bonds. The Bertz CT molecular complexity index is 1610. The summed E-state index contributed by atoms with van der Waals surface area (Å²) in [5.41, 5.74) is 4.82. The molecule has 3 N–H and O–H groups in total. The molecule has 256 valence electrons. The number of pyridine rings is 1. The van der Waals surface area contributed by atoms with Gasteiger partial charge in [-0.3, -0.25) is 4.98 Å². The van der Waals surface area contributed by atoms with E-state index in [2.05, 4.69) is 47.7 Å². The number of hydrogen-bond acceptors (Lipinski definition) is 6. The van der Waals surface area contributed by atoms with Crippen molar-refractivity contribution in [1.82, 2.24) is 10.3 Å². The Morgan fingerprint density at radius 1 is 1.12 bits per heavy atom. The molecule has 1 spiro atoms. The van der Waals surface area contributed by atoms with Gasteiger partial charge in [-0.1, -0.05) is 37.6 Å². The second-order valence-corrected chi connectivity index (χ2v) is 15.5. The van der Waals surface area contributed by atoms with Crippen molar-refractivity contribution in [2.75, 3.05) is 25.0 Å². The van der Waals surface area contributed by atoms with Crippen LogP contribution in [0.1, 0.15) is 99.9 Å². The van der Waals surface area contributed by atoms with E-state index in [-0.39, 0.29) is 11.5 Å². The summed E-state index contributed by atoms with van der Waals surface area (Å²) in [6, 6.07) is 16.2. The predicted molar refractivity (Wildman–Crippen MR) is 191 cm³/mol. The number of nitrogens with zero attached hydrogens (tertiary/aromatic N) is 1. The number of nitrogens with one attached hydrogen (secondary N) is 2. The Morgan fingerprint density at radius 3 is 2.75 bits per heavy atom. The number of rotatable bonds is 10. The van der Waals surface area contributed by atoms with Crippen LogP contribution in [-0.2, 0) is 23.1 Å². The van der Waals surface area contributed by atoms with Crippen molar-refractivity contribution in [3.8, 4) is 11.5 Å². The number of carboxylic acids is 1. The fourth-order valence-corrected chi connectivity index (χ4v) is 9.45. The molecule has 2 aromatic carbocycles. The quantitative estimate of drug-likeness (QED) is 0.200. The van der Waals surface area contributed by atoms with Gasteiger partial charge in [0.1, 0.15) is 23.1 Å². The van der Waals surface area contributed by atoms with Crippen LogP contribution in [0.5, 0.6) is 11.5 Å². The van der Waals surface area contributed by atoms with Crippen LogP contribution in [0.15, 0.2) is 54.7 Å². The van der Waals surface area contributed by atoms with E-state index < -0.39 is 11.5 Å². The molecule has 0 bridgehead atoms. The number of carboxylic acid groups (broad SMARTS) is 1. The maximum absolute atomic E-state index is 13.0. The van der Waals surface area contributed by atoms with Crippen molar-refractivity contribution >= 4 is 23.3 Å². The highest BCUT2D eigenvalue weighted by Gasteiger charge is 2.54. The first-order valence-electron chi connectivity index (χ1n) is 18.1. The van der Waals surface area contributed by atoms with Crippen molar-refractivity contribution in [1.29, 1.82) is 0 Å². The molecule has 2 fully saturated rings. The normalized spacial score (nSPS) is 28.7. The van der Waals surface area contributed by atoms with Gasteiger partial charge >= 0.3 is 5.97 Å². The molecule has 4 atom stereocenters. The summed E-state index contributed by atoms with van der Waals surface area (Å²) in [4.78, 5) is 17.6. The number of fused-ring (bicyclic) bond motifs is 3. The number of aromatic nitrogens is 1. The van der Waals surface area contributed by atoms with Gasteiger partial charge in [0.25, 0.3) is 0 Å². The maximum Gasteiger partial charge on any atom is 0.329 e. The Balaban J connectivity index is 1.13. The van der Waals surface area contributed by atoms with Crippen molar-refractivity contribution in [3.05, 3.63) is 82.1 Å². The lowest BCUT2D eigenvalue weighted by Gasteiger charge is -2.47. The van der Waals surface area contributed by atoms with Crippen LogP contribution in [0.3, 0.4) is 0 Å². The lowest BCUT2D eigenvalue weighted by Crippen LogP contribution is -2.53. The topological polar surface area (TPSA) is 92.7 Å². The number of benzene rings is 2. The molecule has 7 rings (SSSR count). The molecular weight excluding hydrogens is 622 g/mol. The molecule has 3 aliphatic carbocycles. The first-order chi connectivity index (χ1) is 23.2. The fraction of sp³-hybridized carbons (Fsp3) is 0.550. The summed E-state index contributed by atoms with van der Waals surface area (Å²) in [6.45, 7) is 7.18. The molecule has 8 heteroatoms. The largest absolute Gasteiger partial charge is 0.493 e. The van der Waals surface area contributed by atoms with E-state index in [1.54, 1.807) is 0 Å². The third kappa shape index (κ3) is 6.65. The average molecular weight is 672 g/mol. The van der Waals surface area contributed by atoms with Crippen molar-refractivity contribution in [2.45, 2.75) is 107 Å². The third-order valence-electron chi connectivity index (χ3n) is 11.8. The minimum absolute atomic E-state index is 0.118. The second kappa shape index (κ2) is 13.9. The SMILES string of the molecule is C[C@@H](COc1ccnc2c1[C@H](C)CCC2)CC1Cc2ccc(O[C@H]3CCCNC3)cc2C12CCC(Nc1cccc(Cl)c1)(C(=O)O)CC2. The average Bonchev–Trinajstić information content (AvgIpc) is 3.36. The van der Waals surface area contributed by atoms with Gasteiger partial charge in [-0.25, -0.2) is 4.79 Å². The van der Waals surface area contributed by atoms with E-state index in [1.165, 1.54) is 35.2 Å². The van der Waals surface area contributed by atoms with E-state index in [4.69, 9.17) is 21.1 Å². The van der Waals surface area contributed by atoms with Gasteiger partial charge in [-0.15, -0.1) is 0 Å². The molecule has 7 nitrogen and oxygen atoms in total. The molecule has 1 unspecified atom stereocenters. The van der Waals surface area contributed by atoms with Crippen LogP contribution in [0, 0.1) is 11.8 Å². The fourth-order valence-electron chi connectivity index (χ4n) is 9.26. The van der Waals surface area contributed by atoms with E-state index >= 15 is 0 Å². The van der Waals surface area contributed by atoms with Crippen molar-refractivity contribution in [2.24, 2.45) is 11.8 Å². The lowest BCUT2D eigenvalue weighted by atomic mass is 9.59. The standard InChI is InChI=1S/C40H50ClN3O4/c1-26(25-47-36-13-19-43-35-10-3-6-27(2)37(35)36)20-29-21-28-11-12-32(48-33-9-5-18-42-24-33)23-34(28)39(29)14-16-40(17-15-39,38(45)46)44-31-8-4-7-30(41)22-31/h4,7-8,11-13,19,22-23,26-27,29,33,42,44H,3,5-6,9-10,14-18,20-21,24-25H2,1-2H3,(H,45,46)/t26-,27-,29?,33+,39?,40?/m1/s1. The first-order valence-corrected chi connectivity index (χ1v) is 18.5. The predicted octanol–water partition coefficient (Wildman–Crippen LogP) is 8.33. The van der Waals surface area contributed by atoms with Gasteiger partial charge in [0.2, 0.25) is 0 Å². The van der Waals surface area contributed by atoms with Crippen LogP contribution in [0.4, 0.5) is 5.69 Å². The summed E-state index contributed by atoms with van der Waals surface area (Å²) in [6.07, 6.45) is 12.3. The van der Waals surface area contributed by atoms with E-state index in [0.717, 1.165) is 75.2 Å². The van der Waals surface area contributed by atoms with Crippen molar-refractivity contribution in [3.63, 3.8) is 0 Å². The first kappa shape index (κ1) is 33.2. The molecule has 1 aliphatic heterocycles. The van der Waals surface area contributed by atoms with Gasteiger partial charge in [-0.05, 0) is 148 Å². The molecular formula is C40H50ClN3O4. The number of anilines is 1. The number of ether oxygens (including phenoxy) is 2. The zero-order valence-corrected chi connectivity index (χ0v) is 29.2. The number of hydrogen-bond donors (Lipinski definition) is 3. The Labute approximate surface area is 290 Å². The molecule has 3 aromatic rings. The number of halogens is 1. The summed E-state index contributed by atoms with van der Waals surface area (Å²) in [7, 11) is 0. The Morgan fingerprint density at radius 2 is 1.98 bits per heavy atom. The van der Waals surface area contributed by atoms with Crippen LogP contribution >= 0.6 is 11.6 Å². The van der Waals surface area contributed by atoms with Gasteiger partial charge in [-0.2, -0.15) is 0 Å². The summed E-state index contributed by atoms with van der Waals surface area (Å²) < 4.78 is 13.1. The highest BCUT2D eigenvalue weighted by molar-refractivity contribution is 6.30. The lowest BCUT2D eigenvalue weighted by molar-refractivity contribution is -0.144. The number of piperidine rings is 1. The van der Waals surface area contributed by atoms with E-state index in [0.29, 0.717) is 42.2 Å². The number of aliphatic carboxylic acids is 1. The summed E-state index contributed by atoms with van der Waals surface area (Å²) in [5, 5.41) is 18.1. The second-order valence-electron chi connectivity index (χ2n) is 15.1. The highest BCUT2D eigenvalue weighted by atomic mass is 35.5. The maximum atomic E-state index is 13.0. The minimum atomic E-state index is -1.04. The zero-order chi connectivity index (χ0) is 33.3. The van der Waals surface area contributed by atoms with Gasteiger partial charge < -0.3 is 25.2 Å². The van der Waals surface area contributed by atoms with Crippen LogP contribution in [-0.4, -0.2) is 47.4 Å². The molecule has 2 heterocycles. The molecule has 48 heavy (non-hydrogen) atoms. The summed E-state index contributed by atoms with van der Waals surface area (Å²) in [5.74, 6) is 2.33. The smallest absolute Gasteiger partial charge is 0.329 e. The van der Waals surface area contributed by atoms with Crippen LogP contribution < -0.4 is 20.1 Å². The highest BCUT2D eigenvalue weighted by Crippen LogP contribution is 2.57. The van der Waals surface area contributed by atoms with Crippen molar-refractivity contribution < 1.29 is 19.4 Å². The molecule has 1 saturated carbocycles. The van der Waals surface area contributed by atoms with E-state index in [1.807, 2.05) is 36.5 Å². The van der Waals surface area contributed by atoms with Gasteiger partial charge in [0.05, 0.1) is 6.61 Å². The zero-order valence-electron chi connectivity index (χ0n) is 28.4. The monoisotopic (exact) mass is 671 g/mol. The van der Waals surface area contributed by atoms with E-state index in [9.17, 15) is 9.90 Å². The molecule has 0 radical (unpaired) electrons. The van der Waals surface area contributed by atoms with Crippen LogP contribution in [0.2, 0.25) is 5.02 Å². The molecule has 1 aromatic heterocycles. The Hall–Kier alpha value is -3.29.